The van der Waals surface area contributed by atoms with Gasteiger partial charge in [0.25, 0.3) is 5.91 Å². The Hall–Kier alpha value is -2.38. The van der Waals surface area contributed by atoms with E-state index < -0.39 is 11.7 Å². The summed E-state index contributed by atoms with van der Waals surface area (Å²) in [5.74, 6) is -0.520. The van der Waals surface area contributed by atoms with Crippen molar-refractivity contribution in [1.82, 2.24) is 9.78 Å². The average Bonchev–Trinajstić information content (AvgIpc) is 3.07. The van der Waals surface area contributed by atoms with Crippen LogP contribution < -0.4 is 10.1 Å². The molecule has 5 nitrogen and oxygen atoms in total. The van der Waals surface area contributed by atoms with Crippen LogP contribution in [0.1, 0.15) is 16.1 Å². The van der Waals surface area contributed by atoms with Crippen LogP contribution in [0.15, 0.2) is 53.1 Å². The second-order valence-corrected chi connectivity index (χ2v) is 6.85. The number of amides is 1. The topological polar surface area (TPSA) is 56.1 Å². The molecule has 3 aromatic rings. The summed E-state index contributed by atoms with van der Waals surface area (Å²) in [6.45, 7) is 2.02. The predicted octanol–water partition coefficient (Wildman–Crippen LogP) is 5.04. The van der Waals surface area contributed by atoms with Crippen LogP contribution in [0.25, 0.3) is 0 Å². The first-order valence-electron chi connectivity index (χ1n) is 7.61. The van der Waals surface area contributed by atoms with E-state index in [0.29, 0.717) is 15.2 Å². The first kappa shape index (κ1) is 18.4. The van der Waals surface area contributed by atoms with Gasteiger partial charge in [-0.3, -0.25) is 4.79 Å². The fourth-order valence-electron chi connectivity index (χ4n) is 2.19. The summed E-state index contributed by atoms with van der Waals surface area (Å²) in [5, 5.41) is 7.10. The largest absolute Gasteiger partial charge is 0.470 e. The maximum Gasteiger partial charge on any atom is 0.276 e. The van der Waals surface area contributed by atoms with Crippen LogP contribution in [0, 0.1) is 12.7 Å². The molecule has 26 heavy (non-hydrogen) atoms. The molecule has 134 valence electrons. The molecule has 0 atom stereocenters. The lowest BCUT2D eigenvalue weighted by atomic mass is 10.2. The van der Waals surface area contributed by atoms with E-state index in [-0.39, 0.29) is 18.1 Å². The van der Waals surface area contributed by atoms with Crippen LogP contribution in [0.2, 0.25) is 5.02 Å². The van der Waals surface area contributed by atoms with Crippen LogP contribution in [0.4, 0.5) is 10.1 Å². The molecule has 2 aromatic carbocycles. The molecule has 8 heteroatoms. The Morgan fingerprint density at radius 2 is 2.12 bits per heavy atom. The smallest absolute Gasteiger partial charge is 0.276 e. The highest BCUT2D eigenvalue weighted by Crippen LogP contribution is 2.25. The SMILES string of the molecule is Cc1ccc(Cl)c(OCn2ccc(C(=O)Nc3ccc(Br)cc3F)n2)c1. The number of rotatable bonds is 5. The molecule has 0 spiro atoms. The molecule has 0 saturated heterocycles. The number of benzene rings is 2. The third-order valence-electron chi connectivity index (χ3n) is 3.49. The van der Waals surface area contributed by atoms with E-state index >= 15 is 0 Å². The van der Waals surface area contributed by atoms with Gasteiger partial charge in [0.05, 0.1) is 10.7 Å². The quantitative estimate of drug-likeness (QED) is 0.607. The van der Waals surface area contributed by atoms with Crippen molar-refractivity contribution in [2.75, 3.05) is 5.32 Å². The van der Waals surface area contributed by atoms with Crippen molar-refractivity contribution < 1.29 is 13.9 Å². The lowest BCUT2D eigenvalue weighted by Crippen LogP contribution is -2.15. The summed E-state index contributed by atoms with van der Waals surface area (Å²) >= 11 is 9.24. The summed E-state index contributed by atoms with van der Waals surface area (Å²) in [5.41, 5.74) is 1.24. The molecule has 1 aromatic heterocycles. The monoisotopic (exact) mass is 437 g/mol. The van der Waals surface area contributed by atoms with Crippen LogP contribution in [-0.2, 0) is 6.73 Å². The molecule has 0 bridgehead atoms. The average molecular weight is 439 g/mol. The Bertz CT molecular complexity index is 961. The van der Waals surface area contributed by atoms with Gasteiger partial charge in [0, 0.05) is 10.7 Å². The number of carbonyl (C=O) groups excluding carboxylic acids is 1. The normalized spacial score (nSPS) is 10.6. The highest BCUT2D eigenvalue weighted by molar-refractivity contribution is 9.10. The Morgan fingerprint density at radius 1 is 1.31 bits per heavy atom. The molecular weight excluding hydrogens is 425 g/mol. The second kappa shape index (κ2) is 7.88. The molecule has 0 aliphatic carbocycles. The zero-order chi connectivity index (χ0) is 18.7. The van der Waals surface area contributed by atoms with Crippen molar-refractivity contribution in [3.63, 3.8) is 0 Å². The number of ether oxygens (including phenoxy) is 1. The molecular formula is C18H14BrClFN3O2. The Kier molecular flexibility index (Phi) is 5.58. The molecule has 3 rings (SSSR count). The molecule has 0 fully saturated rings. The maximum absolute atomic E-state index is 13.8. The fraction of sp³-hybridized carbons (Fsp3) is 0.111. The van der Waals surface area contributed by atoms with Gasteiger partial charge in [0.2, 0.25) is 0 Å². The van der Waals surface area contributed by atoms with Crippen molar-refractivity contribution in [3.8, 4) is 5.75 Å². The van der Waals surface area contributed by atoms with E-state index in [4.69, 9.17) is 16.3 Å². The minimum absolute atomic E-state index is 0.0792. The van der Waals surface area contributed by atoms with Gasteiger partial charge < -0.3 is 10.1 Å². The van der Waals surface area contributed by atoms with Crippen molar-refractivity contribution >= 4 is 39.1 Å². The van der Waals surface area contributed by atoms with Crippen molar-refractivity contribution in [2.24, 2.45) is 0 Å². The minimum atomic E-state index is -0.537. The Morgan fingerprint density at radius 3 is 2.88 bits per heavy atom. The fourth-order valence-corrected chi connectivity index (χ4v) is 2.69. The lowest BCUT2D eigenvalue weighted by Gasteiger charge is -2.09. The summed E-state index contributed by atoms with van der Waals surface area (Å²) in [7, 11) is 0. The number of anilines is 1. The molecule has 1 heterocycles. The third-order valence-corrected chi connectivity index (χ3v) is 4.30. The number of nitrogens with one attached hydrogen (secondary N) is 1. The molecule has 0 saturated carbocycles. The van der Waals surface area contributed by atoms with E-state index in [1.54, 1.807) is 18.3 Å². The van der Waals surface area contributed by atoms with Crippen LogP contribution in [-0.4, -0.2) is 15.7 Å². The zero-order valence-electron chi connectivity index (χ0n) is 13.7. The first-order chi connectivity index (χ1) is 12.4. The predicted molar refractivity (Wildman–Crippen MR) is 101 cm³/mol. The molecule has 0 aliphatic rings. The van der Waals surface area contributed by atoms with Gasteiger partial charge in [-0.1, -0.05) is 33.6 Å². The number of halogens is 3. The summed E-state index contributed by atoms with van der Waals surface area (Å²) in [6, 6.07) is 11.3. The maximum atomic E-state index is 13.8. The van der Waals surface area contributed by atoms with Crippen LogP contribution in [0.5, 0.6) is 5.75 Å². The third kappa shape index (κ3) is 4.42. The summed E-state index contributed by atoms with van der Waals surface area (Å²) < 4.78 is 21.5. The van der Waals surface area contributed by atoms with E-state index in [0.717, 1.165) is 5.56 Å². The summed E-state index contributed by atoms with van der Waals surface area (Å²) in [6.07, 6.45) is 1.59. The van der Waals surface area contributed by atoms with Crippen LogP contribution >= 0.6 is 27.5 Å². The minimum Gasteiger partial charge on any atom is -0.470 e. The second-order valence-electron chi connectivity index (χ2n) is 5.53. The lowest BCUT2D eigenvalue weighted by molar-refractivity contribution is 0.101. The Balaban J connectivity index is 1.65. The zero-order valence-corrected chi connectivity index (χ0v) is 16.0. The van der Waals surface area contributed by atoms with Gasteiger partial charge >= 0.3 is 0 Å². The number of carbonyl (C=O) groups is 1. The molecule has 1 amide bonds. The number of hydrogen-bond donors (Lipinski definition) is 1. The molecule has 1 N–H and O–H groups in total. The van der Waals surface area contributed by atoms with Gasteiger partial charge in [-0.2, -0.15) is 5.10 Å². The van der Waals surface area contributed by atoms with E-state index in [1.807, 2.05) is 19.1 Å². The summed E-state index contributed by atoms with van der Waals surface area (Å²) in [4.78, 5) is 12.2. The highest BCUT2D eigenvalue weighted by Gasteiger charge is 2.13. The van der Waals surface area contributed by atoms with Crippen LogP contribution in [0.3, 0.4) is 0 Å². The van der Waals surface area contributed by atoms with Crippen molar-refractivity contribution in [3.05, 3.63) is 75.2 Å². The van der Waals surface area contributed by atoms with Crippen molar-refractivity contribution in [1.29, 1.82) is 0 Å². The highest BCUT2D eigenvalue weighted by atomic mass is 79.9. The van der Waals surface area contributed by atoms with Gasteiger partial charge in [0.1, 0.15) is 11.6 Å². The standard InChI is InChI=1S/C18H14BrClFN3O2/c1-11-2-4-13(20)17(8-11)26-10-24-7-6-16(23-24)18(25)22-15-5-3-12(19)9-14(15)21/h2-9H,10H2,1H3,(H,22,25). The number of aryl methyl sites for hydroxylation is 1. The van der Waals surface area contributed by atoms with Gasteiger partial charge in [0.15, 0.2) is 12.4 Å². The van der Waals surface area contributed by atoms with E-state index in [2.05, 4.69) is 26.3 Å². The number of nitrogens with zero attached hydrogens (tertiary/aromatic N) is 2. The Labute approximate surface area is 162 Å². The van der Waals surface area contributed by atoms with Gasteiger partial charge in [-0.25, -0.2) is 9.07 Å². The molecule has 0 aliphatic heterocycles. The first-order valence-corrected chi connectivity index (χ1v) is 8.78. The van der Waals surface area contributed by atoms with Gasteiger partial charge in [-0.05, 0) is 48.9 Å². The van der Waals surface area contributed by atoms with Gasteiger partial charge in [-0.15, -0.1) is 0 Å². The number of aromatic nitrogens is 2. The number of hydrogen-bond acceptors (Lipinski definition) is 3. The van der Waals surface area contributed by atoms with E-state index in [9.17, 15) is 9.18 Å². The molecule has 0 radical (unpaired) electrons. The van der Waals surface area contributed by atoms with E-state index in [1.165, 1.54) is 22.9 Å². The van der Waals surface area contributed by atoms with Crippen molar-refractivity contribution in [2.45, 2.75) is 13.7 Å². The molecule has 0 unspecified atom stereocenters.